The van der Waals surface area contributed by atoms with Crippen LogP contribution in [0.1, 0.15) is 42.0 Å². The maximum absolute atomic E-state index is 11.9. The molecule has 3 nitrogen and oxygen atoms in total. The molecule has 1 amide bonds. The van der Waals surface area contributed by atoms with Gasteiger partial charge in [0.15, 0.2) is 0 Å². The van der Waals surface area contributed by atoms with Gasteiger partial charge in [0.05, 0.1) is 12.5 Å². The number of carbonyl (C=O) groups is 1. The van der Waals surface area contributed by atoms with Crippen molar-refractivity contribution in [3.05, 3.63) is 34.4 Å². The summed E-state index contributed by atoms with van der Waals surface area (Å²) in [4.78, 5) is 11.9. The molecule has 19 heavy (non-hydrogen) atoms. The molecule has 2 N–H and O–H groups in total. The van der Waals surface area contributed by atoms with E-state index in [0.717, 1.165) is 12.0 Å². The molecule has 3 heteroatoms. The molecule has 0 bridgehead atoms. The van der Waals surface area contributed by atoms with Gasteiger partial charge in [0, 0.05) is 6.54 Å². The first kappa shape index (κ1) is 15.7. The van der Waals surface area contributed by atoms with Crippen molar-refractivity contribution in [3.8, 4) is 0 Å². The Balaban J connectivity index is 2.53. The molecule has 0 saturated carbocycles. The highest BCUT2D eigenvalue weighted by Crippen LogP contribution is 2.16. The summed E-state index contributed by atoms with van der Waals surface area (Å²) in [7, 11) is 0. The Morgan fingerprint density at radius 3 is 2.37 bits per heavy atom. The fourth-order valence-corrected chi connectivity index (χ4v) is 2.29. The number of carbonyl (C=O) groups excluding carboxylic acids is 1. The van der Waals surface area contributed by atoms with Crippen LogP contribution in [0.4, 0.5) is 0 Å². The van der Waals surface area contributed by atoms with Gasteiger partial charge in [-0.2, -0.15) is 0 Å². The number of amides is 1. The van der Waals surface area contributed by atoms with Gasteiger partial charge in [0.1, 0.15) is 0 Å². The van der Waals surface area contributed by atoms with Crippen molar-refractivity contribution in [2.24, 2.45) is 0 Å². The van der Waals surface area contributed by atoms with Gasteiger partial charge in [-0.25, -0.2) is 0 Å². The van der Waals surface area contributed by atoms with Gasteiger partial charge in [0.2, 0.25) is 5.91 Å². The molecule has 0 saturated heterocycles. The number of hydrogen-bond acceptors (Lipinski definition) is 2. The molecule has 0 spiro atoms. The molecule has 1 aromatic rings. The van der Waals surface area contributed by atoms with Crippen LogP contribution in [0.3, 0.4) is 0 Å². The summed E-state index contributed by atoms with van der Waals surface area (Å²) in [5.41, 5.74) is 4.67. The molecule has 0 unspecified atom stereocenters. The van der Waals surface area contributed by atoms with Crippen molar-refractivity contribution in [3.63, 3.8) is 0 Å². The normalized spacial score (nSPS) is 12.3. The zero-order chi connectivity index (χ0) is 14.4. The number of aliphatic hydroxyl groups is 1. The highest BCUT2D eigenvalue weighted by molar-refractivity contribution is 5.79. The van der Waals surface area contributed by atoms with E-state index in [1.165, 1.54) is 16.7 Å². The summed E-state index contributed by atoms with van der Waals surface area (Å²) in [6.07, 6.45) is 1.45. The van der Waals surface area contributed by atoms with E-state index in [2.05, 4.69) is 24.4 Å². The van der Waals surface area contributed by atoms with E-state index in [1.54, 1.807) is 0 Å². The molecule has 1 atom stereocenters. The fourth-order valence-electron chi connectivity index (χ4n) is 2.29. The van der Waals surface area contributed by atoms with Crippen molar-refractivity contribution in [1.29, 1.82) is 0 Å². The van der Waals surface area contributed by atoms with E-state index in [4.69, 9.17) is 0 Å². The minimum atomic E-state index is -0.317. The Labute approximate surface area is 116 Å². The van der Waals surface area contributed by atoms with Crippen molar-refractivity contribution >= 4 is 5.91 Å². The first-order valence-electron chi connectivity index (χ1n) is 6.95. The van der Waals surface area contributed by atoms with Crippen LogP contribution >= 0.6 is 0 Å². The summed E-state index contributed by atoms with van der Waals surface area (Å²) in [5, 5.41) is 12.3. The van der Waals surface area contributed by atoms with Crippen LogP contribution in [0.15, 0.2) is 12.1 Å². The third-order valence-corrected chi connectivity index (χ3v) is 3.45. The smallest absolute Gasteiger partial charge is 0.224 e. The van der Waals surface area contributed by atoms with Crippen LogP contribution in [-0.4, -0.2) is 23.7 Å². The number of nitrogens with one attached hydrogen (secondary N) is 1. The fraction of sp³-hybridized carbons (Fsp3) is 0.562. The minimum absolute atomic E-state index is 0.0263. The molecular weight excluding hydrogens is 238 g/mol. The zero-order valence-electron chi connectivity index (χ0n) is 12.4. The molecule has 0 fully saturated rings. The number of aryl methyl sites for hydroxylation is 3. The average Bonchev–Trinajstić information content (AvgIpc) is 2.33. The monoisotopic (exact) mass is 263 g/mol. The van der Waals surface area contributed by atoms with E-state index >= 15 is 0 Å². The SMILES string of the molecule is CC[C@@H](O)CCNC(=O)Cc1c(C)cc(C)cc1C. The van der Waals surface area contributed by atoms with Crippen LogP contribution in [0.2, 0.25) is 0 Å². The largest absolute Gasteiger partial charge is 0.393 e. The standard InChI is InChI=1S/C16H25NO2/c1-5-14(18)6-7-17-16(19)10-15-12(3)8-11(2)9-13(15)4/h8-9,14,18H,5-7,10H2,1-4H3,(H,17,19)/t14-/m1/s1. The molecule has 0 heterocycles. The lowest BCUT2D eigenvalue weighted by Gasteiger charge is -2.12. The second-order valence-electron chi connectivity index (χ2n) is 5.25. The summed E-state index contributed by atoms with van der Waals surface area (Å²) in [5.74, 6) is 0.0263. The number of benzene rings is 1. The Kier molecular flexibility index (Phi) is 6.03. The van der Waals surface area contributed by atoms with Crippen molar-refractivity contribution in [2.75, 3.05) is 6.54 Å². The molecule has 0 aliphatic carbocycles. The first-order valence-corrected chi connectivity index (χ1v) is 6.95. The molecule has 0 aromatic heterocycles. The Bertz CT molecular complexity index is 417. The average molecular weight is 263 g/mol. The highest BCUT2D eigenvalue weighted by atomic mass is 16.3. The van der Waals surface area contributed by atoms with Crippen LogP contribution in [0.25, 0.3) is 0 Å². The molecule has 0 aliphatic heterocycles. The quantitative estimate of drug-likeness (QED) is 0.828. The molecule has 0 aliphatic rings. The lowest BCUT2D eigenvalue weighted by molar-refractivity contribution is -0.120. The summed E-state index contributed by atoms with van der Waals surface area (Å²) in [6.45, 7) is 8.63. The number of hydrogen-bond donors (Lipinski definition) is 2. The van der Waals surface area contributed by atoms with E-state index in [9.17, 15) is 9.90 Å². The molecular formula is C16H25NO2. The van der Waals surface area contributed by atoms with Crippen molar-refractivity contribution < 1.29 is 9.90 Å². The van der Waals surface area contributed by atoms with Crippen molar-refractivity contribution in [1.82, 2.24) is 5.32 Å². The van der Waals surface area contributed by atoms with E-state index < -0.39 is 0 Å². The molecule has 1 aromatic carbocycles. The Morgan fingerprint density at radius 2 is 1.84 bits per heavy atom. The first-order chi connectivity index (χ1) is 8.93. The summed E-state index contributed by atoms with van der Waals surface area (Å²) in [6, 6.07) is 4.22. The summed E-state index contributed by atoms with van der Waals surface area (Å²) < 4.78 is 0. The molecule has 0 radical (unpaired) electrons. The molecule has 106 valence electrons. The van der Waals surface area contributed by atoms with Crippen LogP contribution in [-0.2, 0) is 11.2 Å². The maximum atomic E-state index is 11.9. The van der Waals surface area contributed by atoms with E-state index in [0.29, 0.717) is 19.4 Å². The minimum Gasteiger partial charge on any atom is -0.393 e. The van der Waals surface area contributed by atoms with Crippen molar-refractivity contribution in [2.45, 2.75) is 53.1 Å². The van der Waals surface area contributed by atoms with Gasteiger partial charge in [-0.3, -0.25) is 4.79 Å². The zero-order valence-corrected chi connectivity index (χ0v) is 12.4. The topological polar surface area (TPSA) is 49.3 Å². The Morgan fingerprint density at radius 1 is 1.26 bits per heavy atom. The van der Waals surface area contributed by atoms with Gasteiger partial charge < -0.3 is 10.4 Å². The Hall–Kier alpha value is -1.35. The number of rotatable bonds is 6. The maximum Gasteiger partial charge on any atom is 0.224 e. The van der Waals surface area contributed by atoms with Crippen LogP contribution in [0, 0.1) is 20.8 Å². The van der Waals surface area contributed by atoms with Gasteiger partial charge in [-0.15, -0.1) is 0 Å². The van der Waals surface area contributed by atoms with Gasteiger partial charge in [-0.05, 0) is 50.3 Å². The van der Waals surface area contributed by atoms with Gasteiger partial charge in [-0.1, -0.05) is 24.6 Å². The number of aliphatic hydroxyl groups excluding tert-OH is 1. The molecule has 1 rings (SSSR count). The van der Waals surface area contributed by atoms with Crippen LogP contribution < -0.4 is 5.32 Å². The van der Waals surface area contributed by atoms with E-state index in [1.807, 2.05) is 20.8 Å². The van der Waals surface area contributed by atoms with Gasteiger partial charge >= 0.3 is 0 Å². The lowest BCUT2D eigenvalue weighted by atomic mass is 9.97. The predicted octanol–water partition coefficient (Wildman–Crippen LogP) is 2.43. The van der Waals surface area contributed by atoms with Gasteiger partial charge in [0.25, 0.3) is 0 Å². The van der Waals surface area contributed by atoms with Crippen LogP contribution in [0.5, 0.6) is 0 Å². The second kappa shape index (κ2) is 7.29. The highest BCUT2D eigenvalue weighted by Gasteiger charge is 2.09. The third-order valence-electron chi connectivity index (χ3n) is 3.45. The summed E-state index contributed by atoms with van der Waals surface area (Å²) >= 11 is 0. The predicted molar refractivity (Wildman–Crippen MR) is 78.3 cm³/mol. The van der Waals surface area contributed by atoms with E-state index in [-0.39, 0.29) is 12.0 Å². The second-order valence-corrected chi connectivity index (χ2v) is 5.25. The third kappa shape index (κ3) is 5.03. The lowest BCUT2D eigenvalue weighted by Crippen LogP contribution is -2.28.